The molecule has 3 atom stereocenters. The second-order valence-electron chi connectivity index (χ2n) is 9.08. The number of likely N-dealkylation sites (tertiary alicyclic amines) is 1. The van der Waals surface area contributed by atoms with Gasteiger partial charge in [-0.3, -0.25) is 4.79 Å². The zero-order valence-corrected chi connectivity index (χ0v) is 17.3. The van der Waals surface area contributed by atoms with E-state index in [1.54, 1.807) is 33.8 Å². The van der Waals surface area contributed by atoms with E-state index in [0.717, 1.165) is 32.1 Å². The molecular formula is C22H29NO6. The Morgan fingerprint density at radius 1 is 1.28 bits per heavy atom. The fourth-order valence-corrected chi connectivity index (χ4v) is 4.60. The molecule has 0 aromatic heterocycles. The van der Waals surface area contributed by atoms with Gasteiger partial charge < -0.3 is 14.2 Å². The quantitative estimate of drug-likeness (QED) is 0.300. The molecule has 1 saturated heterocycles. The van der Waals surface area contributed by atoms with Crippen LogP contribution in [0.15, 0.2) is 34.6 Å². The van der Waals surface area contributed by atoms with E-state index in [9.17, 15) is 14.4 Å². The van der Waals surface area contributed by atoms with Gasteiger partial charge >= 0.3 is 12.1 Å². The topological polar surface area (TPSA) is 82.1 Å². The minimum Gasteiger partial charge on any atom is -0.458 e. The molecule has 0 aromatic rings. The van der Waals surface area contributed by atoms with Crippen LogP contribution in [0.2, 0.25) is 0 Å². The summed E-state index contributed by atoms with van der Waals surface area (Å²) in [4.78, 5) is 38.9. The van der Waals surface area contributed by atoms with Crippen LogP contribution in [0.1, 0.15) is 61.2 Å². The number of carbonyl (C=O) groups excluding carboxylic acids is 3. The summed E-state index contributed by atoms with van der Waals surface area (Å²) in [6, 6.07) is -0.300. The zero-order valence-electron chi connectivity index (χ0n) is 17.3. The first-order valence-corrected chi connectivity index (χ1v) is 10.2. The van der Waals surface area contributed by atoms with Gasteiger partial charge in [0.05, 0.1) is 17.9 Å². The molecule has 0 radical (unpaired) electrons. The van der Waals surface area contributed by atoms with Crippen LogP contribution in [-0.4, -0.2) is 40.8 Å². The van der Waals surface area contributed by atoms with Gasteiger partial charge in [-0.2, -0.15) is 0 Å². The molecule has 1 fully saturated rings. The molecule has 0 aromatic carbocycles. The minimum absolute atomic E-state index is 0. The highest BCUT2D eigenvalue weighted by atomic mass is 16.7. The first-order valence-electron chi connectivity index (χ1n) is 10.2. The highest BCUT2D eigenvalue weighted by Crippen LogP contribution is 2.50. The lowest BCUT2D eigenvalue weighted by Crippen LogP contribution is -2.43. The van der Waals surface area contributed by atoms with Crippen LogP contribution in [0.5, 0.6) is 0 Å². The molecule has 29 heavy (non-hydrogen) atoms. The third kappa shape index (κ3) is 3.58. The Labute approximate surface area is 171 Å². The Hall–Kier alpha value is -2.57. The fourth-order valence-electron chi connectivity index (χ4n) is 4.60. The summed E-state index contributed by atoms with van der Waals surface area (Å²) in [5.41, 5.74) is 2.76. The molecule has 4 aliphatic rings. The van der Waals surface area contributed by atoms with Crippen LogP contribution in [0.4, 0.5) is 4.79 Å². The van der Waals surface area contributed by atoms with Gasteiger partial charge in [0.1, 0.15) is 5.60 Å². The highest BCUT2D eigenvalue weighted by molar-refractivity contribution is 6.06. The van der Waals surface area contributed by atoms with Gasteiger partial charge in [0.25, 0.3) is 12.2 Å². The number of amides is 2. The summed E-state index contributed by atoms with van der Waals surface area (Å²) in [7, 11) is 0. The lowest BCUT2D eigenvalue weighted by molar-refractivity contribution is -0.152. The maximum atomic E-state index is 13.2. The second-order valence-corrected chi connectivity index (χ2v) is 9.08. The number of allylic oxidation sites excluding steroid dienone is 1. The number of rotatable bonds is 2. The fraction of sp³-hybridized carbons (Fsp3) is 0.591. The molecule has 0 saturated carbocycles. The van der Waals surface area contributed by atoms with Crippen LogP contribution in [-0.2, 0) is 23.8 Å². The number of ether oxygens (including phenoxy) is 3. The largest absolute Gasteiger partial charge is 0.458 e. The van der Waals surface area contributed by atoms with Crippen molar-refractivity contribution in [3.63, 3.8) is 0 Å². The third-order valence-corrected chi connectivity index (χ3v) is 5.83. The first kappa shape index (κ1) is 19.7. The van der Waals surface area contributed by atoms with Crippen molar-refractivity contribution in [3.05, 3.63) is 34.6 Å². The average Bonchev–Trinajstić information content (AvgIpc) is 3.23. The predicted molar refractivity (Wildman–Crippen MR) is 105 cm³/mol. The van der Waals surface area contributed by atoms with E-state index in [0.29, 0.717) is 11.1 Å². The maximum absolute atomic E-state index is 13.2. The Morgan fingerprint density at radius 2 is 2.00 bits per heavy atom. The van der Waals surface area contributed by atoms with Crippen molar-refractivity contribution >= 4 is 18.0 Å². The molecule has 2 heterocycles. The standard InChI is InChI=1S/C22H27NO6.H2/c1-12-9-17(28-20(12)25)27-11-16-15-10-13-7-5-6-8-14(13)18(15)23(19(16)24)21(26)29-22(2,3)4;/h9,11,15,17-18H,5-8,10H2,1-4H3;1H/b16-11+;/t15?,17-,18-;/m1./s1. The van der Waals surface area contributed by atoms with Crippen molar-refractivity contribution in [1.29, 1.82) is 0 Å². The SMILES string of the molecule is CC1=C[C@H](O/C=C2/C(=O)N(C(=O)OC(C)(C)C)[C@@H]3C4=C(CCCC4)CC23)OC1=O.[HH]. The van der Waals surface area contributed by atoms with Crippen LogP contribution < -0.4 is 0 Å². The van der Waals surface area contributed by atoms with Crippen LogP contribution in [0.3, 0.4) is 0 Å². The summed E-state index contributed by atoms with van der Waals surface area (Å²) < 4.78 is 16.2. The Bertz CT molecular complexity index is 865. The van der Waals surface area contributed by atoms with Gasteiger partial charge in [-0.05, 0) is 65.4 Å². The van der Waals surface area contributed by atoms with Crippen molar-refractivity contribution in [3.8, 4) is 0 Å². The number of esters is 1. The third-order valence-electron chi connectivity index (χ3n) is 5.83. The van der Waals surface area contributed by atoms with Crippen LogP contribution >= 0.6 is 0 Å². The van der Waals surface area contributed by atoms with Gasteiger partial charge in [-0.15, -0.1) is 0 Å². The molecule has 0 bridgehead atoms. The van der Waals surface area contributed by atoms with Crippen molar-refractivity contribution in [2.75, 3.05) is 0 Å². The number of carbonyl (C=O) groups is 3. The van der Waals surface area contributed by atoms with Crippen molar-refractivity contribution in [2.24, 2.45) is 5.92 Å². The molecule has 2 aliphatic carbocycles. The van der Waals surface area contributed by atoms with Gasteiger partial charge in [0.15, 0.2) is 0 Å². The number of fused-ring (bicyclic) bond motifs is 2. The van der Waals surface area contributed by atoms with Crippen molar-refractivity contribution in [1.82, 2.24) is 4.90 Å². The van der Waals surface area contributed by atoms with Crippen molar-refractivity contribution < 1.29 is 30.0 Å². The average molecular weight is 403 g/mol. The van der Waals surface area contributed by atoms with E-state index in [1.165, 1.54) is 22.3 Å². The second kappa shape index (κ2) is 7.04. The summed E-state index contributed by atoms with van der Waals surface area (Å²) >= 11 is 0. The molecule has 4 rings (SSSR count). The lowest BCUT2D eigenvalue weighted by atomic mass is 9.92. The van der Waals surface area contributed by atoms with E-state index in [-0.39, 0.29) is 13.4 Å². The van der Waals surface area contributed by atoms with Gasteiger partial charge in [-0.1, -0.05) is 5.57 Å². The molecule has 158 valence electrons. The predicted octanol–water partition coefficient (Wildman–Crippen LogP) is 4.00. The number of imide groups is 1. The van der Waals surface area contributed by atoms with Gasteiger partial charge in [-0.25, -0.2) is 14.5 Å². The first-order chi connectivity index (χ1) is 13.7. The molecule has 1 unspecified atom stereocenters. The van der Waals surface area contributed by atoms with E-state index in [2.05, 4.69) is 0 Å². The van der Waals surface area contributed by atoms with E-state index in [1.807, 2.05) is 0 Å². The summed E-state index contributed by atoms with van der Waals surface area (Å²) in [6.45, 7) is 7.00. The summed E-state index contributed by atoms with van der Waals surface area (Å²) in [5.74, 6) is -0.964. The smallest absolute Gasteiger partial charge is 0.417 e. The molecule has 0 N–H and O–H groups in total. The lowest BCUT2D eigenvalue weighted by Gasteiger charge is -2.29. The normalized spacial score (nSPS) is 30.3. The monoisotopic (exact) mass is 403 g/mol. The summed E-state index contributed by atoms with van der Waals surface area (Å²) in [5, 5.41) is 0. The highest BCUT2D eigenvalue weighted by Gasteiger charge is 2.54. The molecule has 7 nitrogen and oxygen atoms in total. The van der Waals surface area contributed by atoms with Crippen LogP contribution in [0.25, 0.3) is 0 Å². The van der Waals surface area contributed by atoms with E-state index < -0.39 is 29.9 Å². The zero-order chi connectivity index (χ0) is 20.9. The van der Waals surface area contributed by atoms with Gasteiger partial charge in [0.2, 0.25) is 0 Å². The minimum atomic E-state index is -0.846. The molecule has 2 aliphatic heterocycles. The molecule has 2 amide bonds. The van der Waals surface area contributed by atoms with E-state index >= 15 is 0 Å². The molecule has 0 spiro atoms. The van der Waals surface area contributed by atoms with Gasteiger partial charge in [0, 0.05) is 19.0 Å². The number of cyclic esters (lactones) is 1. The Kier molecular flexibility index (Phi) is 4.79. The molecule has 7 heteroatoms. The molecular weight excluding hydrogens is 374 g/mol. The Morgan fingerprint density at radius 3 is 2.66 bits per heavy atom. The summed E-state index contributed by atoms with van der Waals surface area (Å²) in [6.07, 6.45) is 6.33. The number of hydrogen-bond donors (Lipinski definition) is 0. The maximum Gasteiger partial charge on any atom is 0.417 e. The van der Waals surface area contributed by atoms with E-state index in [4.69, 9.17) is 14.2 Å². The number of nitrogens with zero attached hydrogens (tertiary/aromatic N) is 1. The van der Waals surface area contributed by atoms with Crippen molar-refractivity contribution in [2.45, 2.75) is 77.7 Å². The number of hydrogen-bond acceptors (Lipinski definition) is 6. The van der Waals surface area contributed by atoms with Crippen LogP contribution in [0, 0.1) is 5.92 Å². The Balaban J connectivity index is 0.00000256.